The van der Waals surface area contributed by atoms with E-state index in [9.17, 15) is 4.79 Å². The topological polar surface area (TPSA) is 44.1 Å². The second-order valence-electron chi connectivity index (χ2n) is 4.41. The summed E-state index contributed by atoms with van der Waals surface area (Å²) >= 11 is 0. The molecule has 0 aliphatic rings. The zero-order chi connectivity index (χ0) is 12.8. The Morgan fingerprint density at radius 3 is 2.71 bits per heavy atom. The molecule has 4 heteroatoms. The third kappa shape index (κ3) is 3.58. The molecule has 17 heavy (non-hydrogen) atoms. The van der Waals surface area contributed by atoms with Gasteiger partial charge in [0.25, 0.3) is 0 Å². The summed E-state index contributed by atoms with van der Waals surface area (Å²) in [4.78, 5) is 11.9. The van der Waals surface area contributed by atoms with Crippen LogP contribution < -0.4 is 0 Å². The molecule has 96 valence electrons. The molecule has 0 amide bonds. The maximum absolute atomic E-state index is 11.9. The van der Waals surface area contributed by atoms with Crippen LogP contribution in [-0.2, 0) is 11.3 Å². The molecule has 0 unspecified atom stereocenters. The van der Waals surface area contributed by atoms with Crippen molar-refractivity contribution in [2.24, 2.45) is 0 Å². The van der Waals surface area contributed by atoms with Gasteiger partial charge < -0.3 is 4.74 Å². The summed E-state index contributed by atoms with van der Waals surface area (Å²) in [5, 5.41) is 4.39. The lowest BCUT2D eigenvalue weighted by atomic mass is 10.1. The molecule has 0 aromatic carbocycles. The van der Waals surface area contributed by atoms with Gasteiger partial charge in [0.1, 0.15) is 5.69 Å². The van der Waals surface area contributed by atoms with Crippen LogP contribution in [0.5, 0.6) is 0 Å². The fourth-order valence-electron chi connectivity index (χ4n) is 1.51. The van der Waals surface area contributed by atoms with Gasteiger partial charge in [0.2, 0.25) is 0 Å². The van der Waals surface area contributed by atoms with Gasteiger partial charge in [-0.15, -0.1) is 0 Å². The van der Waals surface area contributed by atoms with E-state index in [0.29, 0.717) is 24.8 Å². The van der Waals surface area contributed by atoms with Gasteiger partial charge in [-0.1, -0.05) is 27.2 Å². The summed E-state index contributed by atoms with van der Waals surface area (Å²) in [6.45, 7) is 9.34. The summed E-state index contributed by atoms with van der Waals surface area (Å²) in [7, 11) is 0. The highest BCUT2D eigenvalue weighted by Crippen LogP contribution is 2.15. The molecule has 4 nitrogen and oxygen atoms in total. The van der Waals surface area contributed by atoms with Gasteiger partial charge in [-0.2, -0.15) is 5.10 Å². The molecule has 1 rings (SSSR count). The average molecular weight is 238 g/mol. The number of hydrogen-bond donors (Lipinski definition) is 0. The van der Waals surface area contributed by atoms with Crippen LogP contribution in [0.25, 0.3) is 0 Å². The van der Waals surface area contributed by atoms with Crippen LogP contribution in [0, 0.1) is 0 Å². The van der Waals surface area contributed by atoms with Crippen molar-refractivity contribution in [2.45, 2.75) is 53.0 Å². The quantitative estimate of drug-likeness (QED) is 0.565. The van der Waals surface area contributed by atoms with E-state index in [-0.39, 0.29) is 5.97 Å². The third-order valence-electron chi connectivity index (χ3n) is 2.63. The first-order valence-electron chi connectivity index (χ1n) is 6.35. The molecule has 1 aromatic rings. The van der Waals surface area contributed by atoms with Crippen molar-refractivity contribution in [3.63, 3.8) is 0 Å². The van der Waals surface area contributed by atoms with Crippen molar-refractivity contribution in [2.75, 3.05) is 6.61 Å². The largest absolute Gasteiger partial charge is 0.461 e. The molecular weight excluding hydrogens is 216 g/mol. The molecule has 0 saturated heterocycles. The maximum Gasteiger partial charge on any atom is 0.356 e. The van der Waals surface area contributed by atoms with Crippen LogP contribution in [0.4, 0.5) is 0 Å². The zero-order valence-corrected chi connectivity index (χ0v) is 11.2. The maximum atomic E-state index is 11.9. The number of ether oxygens (including phenoxy) is 1. The Balaban J connectivity index is 2.77. The monoisotopic (exact) mass is 238 g/mol. The molecule has 0 aliphatic heterocycles. The Bertz CT molecular complexity index is 369. The number of aromatic nitrogens is 2. The SMILES string of the molecule is CCCCOC(=O)c1cc(C(C)C)nn1CC. The highest BCUT2D eigenvalue weighted by atomic mass is 16.5. The first kappa shape index (κ1) is 13.7. The van der Waals surface area contributed by atoms with Crippen molar-refractivity contribution >= 4 is 5.97 Å². The molecule has 0 bridgehead atoms. The minimum absolute atomic E-state index is 0.264. The average Bonchev–Trinajstić information content (AvgIpc) is 2.73. The molecule has 0 saturated carbocycles. The van der Waals surface area contributed by atoms with Crippen LogP contribution in [-0.4, -0.2) is 22.4 Å². The molecule has 1 heterocycles. The summed E-state index contributed by atoms with van der Waals surface area (Å²) in [5.41, 5.74) is 1.50. The lowest BCUT2D eigenvalue weighted by molar-refractivity contribution is 0.0485. The summed E-state index contributed by atoms with van der Waals surface area (Å²) < 4.78 is 6.92. The molecule has 0 aliphatic carbocycles. The van der Waals surface area contributed by atoms with E-state index in [4.69, 9.17) is 4.74 Å². The summed E-state index contributed by atoms with van der Waals surface area (Å²) in [6.07, 6.45) is 1.93. The second kappa shape index (κ2) is 6.42. The number of carbonyl (C=O) groups excluding carboxylic acids is 1. The molecule has 0 fully saturated rings. The molecule has 0 N–H and O–H groups in total. The lowest BCUT2D eigenvalue weighted by Gasteiger charge is -2.04. The molecular formula is C13H22N2O2. The minimum Gasteiger partial charge on any atom is -0.461 e. The number of rotatable bonds is 6. The van der Waals surface area contributed by atoms with E-state index in [1.54, 1.807) is 4.68 Å². The Labute approximate surface area is 103 Å². The minimum atomic E-state index is -0.264. The van der Waals surface area contributed by atoms with Gasteiger partial charge in [0.05, 0.1) is 12.3 Å². The van der Waals surface area contributed by atoms with Gasteiger partial charge in [0.15, 0.2) is 0 Å². The number of aryl methyl sites for hydroxylation is 1. The number of nitrogens with zero attached hydrogens (tertiary/aromatic N) is 2. The van der Waals surface area contributed by atoms with E-state index in [0.717, 1.165) is 18.5 Å². The molecule has 0 radical (unpaired) electrons. The smallest absolute Gasteiger partial charge is 0.356 e. The van der Waals surface area contributed by atoms with Crippen molar-refractivity contribution in [1.82, 2.24) is 9.78 Å². The number of unbranched alkanes of at least 4 members (excludes halogenated alkanes) is 1. The van der Waals surface area contributed by atoms with Crippen molar-refractivity contribution in [3.8, 4) is 0 Å². The van der Waals surface area contributed by atoms with E-state index >= 15 is 0 Å². The van der Waals surface area contributed by atoms with E-state index in [1.165, 1.54) is 0 Å². The van der Waals surface area contributed by atoms with Crippen LogP contribution in [0.2, 0.25) is 0 Å². The highest BCUT2D eigenvalue weighted by molar-refractivity contribution is 5.87. The predicted molar refractivity (Wildman–Crippen MR) is 67.2 cm³/mol. The molecule has 0 atom stereocenters. The fourth-order valence-corrected chi connectivity index (χ4v) is 1.51. The van der Waals surface area contributed by atoms with Crippen LogP contribution in [0.3, 0.4) is 0 Å². The third-order valence-corrected chi connectivity index (χ3v) is 2.63. The second-order valence-corrected chi connectivity index (χ2v) is 4.41. The van der Waals surface area contributed by atoms with E-state index < -0.39 is 0 Å². The van der Waals surface area contributed by atoms with Gasteiger partial charge in [-0.25, -0.2) is 4.79 Å². The van der Waals surface area contributed by atoms with Crippen molar-refractivity contribution < 1.29 is 9.53 Å². The summed E-state index contributed by atoms with van der Waals surface area (Å²) in [6, 6.07) is 1.84. The predicted octanol–water partition coefficient (Wildman–Crippen LogP) is 2.98. The Morgan fingerprint density at radius 2 is 2.18 bits per heavy atom. The lowest BCUT2D eigenvalue weighted by Crippen LogP contribution is -2.13. The zero-order valence-electron chi connectivity index (χ0n) is 11.2. The first-order chi connectivity index (χ1) is 8.10. The Hall–Kier alpha value is -1.32. The first-order valence-corrected chi connectivity index (χ1v) is 6.35. The standard InChI is InChI=1S/C13H22N2O2/c1-5-7-8-17-13(16)12-9-11(10(3)4)14-15(12)6-2/h9-10H,5-8H2,1-4H3. The number of hydrogen-bond acceptors (Lipinski definition) is 3. The number of carbonyl (C=O) groups is 1. The Morgan fingerprint density at radius 1 is 1.47 bits per heavy atom. The van der Waals surface area contributed by atoms with Crippen LogP contribution in [0.1, 0.15) is 62.6 Å². The normalized spacial score (nSPS) is 10.9. The van der Waals surface area contributed by atoms with Crippen LogP contribution >= 0.6 is 0 Å². The Kier molecular flexibility index (Phi) is 5.19. The number of esters is 1. The van der Waals surface area contributed by atoms with E-state index in [2.05, 4.69) is 25.9 Å². The van der Waals surface area contributed by atoms with Crippen LogP contribution in [0.15, 0.2) is 6.07 Å². The van der Waals surface area contributed by atoms with Gasteiger partial charge in [-0.3, -0.25) is 4.68 Å². The van der Waals surface area contributed by atoms with Gasteiger partial charge >= 0.3 is 5.97 Å². The van der Waals surface area contributed by atoms with E-state index in [1.807, 2.05) is 13.0 Å². The molecule has 0 spiro atoms. The van der Waals surface area contributed by atoms with Crippen molar-refractivity contribution in [1.29, 1.82) is 0 Å². The molecule has 1 aromatic heterocycles. The highest BCUT2D eigenvalue weighted by Gasteiger charge is 2.16. The fraction of sp³-hybridized carbons (Fsp3) is 0.692. The van der Waals surface area contributed by atoms with Gasteiger partial charge in [-0.05, 0) is 25.3 Å². The van der Waals surface area contributed by atoms with Gasteiger partial charge in [0, 0.05) is 6.54 Å². The van der Waals surface area contributed by atoms with Crippen molar-refractivity contribution in [3.05, 3.63) is 17.5 Å². The summed E-state index contributed by atoms with van der Waals surface area (Å²) in [5.74, 6) is 0.0599.